The van der Waals surface area contributed by atoms with E-state index in [0.29, 0.717) is 6.54 Å². The Bertz CT molecular complexity index is 867. The molecule has 0 aliphatic heterocycles. The highest BCUT2D eigenvalue weighted by atomic mass is 35.5. The maximum atomic E-state index is 9.99. The summed E-state index contributed by atoms with van der Waals surface area (Å²) in [6.45, 7) is 4.69. The predicted molar refractivity (Wildman–Crippen MR) is 99.4 cm³/mol. The van der Waals surface area contributed by atoms with E-state index in [-0.39, 0.29) is 18.1 Å². The zero-order valence-corrected chi connectivity index (χ0v) is 14.5. The van der Waals surface area contributed by atoms with Crippen molar-refractivity contribution in [3.63, 3.8) is 0 Å². The molecular formula is C19H20ClN4O. The Balaban J connectivity index is 1.57. The number of aliphatic hydroxyl groups excluding tert-OH is 1. The Kier molecular flexibility index (Phi) is 4.36. The first-order chi connectivity index (χ1) is 12.1. The highest BCUT2D eigenvalue weighted by Crippen LogP contribution is 2.36. The van der Waals surface area contributed by atoms with Crippen LogP contribution in [0.1, 0.15) is 24.4 Å². The topological polar surface area (TPSA) is 63.0 Å². The zero-order valence-electron chi connectivity index (χ0n) is 13.8. The van der Waals surface area contributed by atoms with Crippen LogP contribution in [0, 0.1) is 12.8 Å². The Morgan fingerprint density at radius 2 is 2.00 bits per heavy atom. The SMILES string of the molecule is [CH2][C@H]1C[C@@H](n2ccc3c(NCc4ccc(Cl)cc4)ncnc32)C[C@@H]1O. The number of nitrogens with zero attached hydrogens (tertiary/aromatic N) is 3. The largest absolute Gasteiger partial charge is 0.393 e. The number of nitrogens with one attached hydrogen (secondary N) is 1. The molecule has 0 saturated heterocycles. The van der Waals surface area contributed by atoms with Crippen molar-refractivity contribution in [2.45, 2.75) is 31.5 Å². The van der Waals surface area contributed by atoms with Crippen LogP contribution in [0.5, 0.6) is 0 Å². The smallest absolute Gasteiger partial charge is 0.145 e. The fourth-order valence-corrected chi connectivity index (χ4v) is 3.62. The van der Waals surface area contributed by atoms with Crippen molar-refractivity contribution in [1.29, 1.82) is 0 Å². The zero-order chi connectivity index (χ0) is 17.4. The number of aromatic nitrogens is 3. The first-order valence-corrected chi connectivity index (χ1v) is 8.80. The Morgan fingerprint density at radius 3 is 2.72 bits per heavy atom. The summed E-state index contributed by atoms with van der Waals surface area (Å²) < 4.78 is 2.14. The van der Waals surface area contributed by atoms with E-state index in [0.717, 1.165) is 40.3 Å². The minimum absolute atomic E-state index is 0.0757. The molecule has 5 nitrogen and oxygen atoms in total. The maximum Gasteiger partial charge on any atom is 0.145 e. The molecule has 1 aromatic carbocycles. The lowest BCUT2D eigenvalue weighted by molar-refractivity contribution is 0.149. The van der Waals surface area contributed by atoms with Gasteiger partial charge in [-0.1, -0.05) is 23.7 Å². The summed E-state index contributed by atoms with van der Waals surface area (Å²) in [6.07, 6.45) is 4.85. The van der Waals surface area contributed by atoms with E-state index in [4.69, 9.17) is 11.6 Å². The molecular weight excluding hydrogens is 336 g/mol. The minimum atomic E-state index is -0.341. The lowest BCUT2D eigenvalue weighted by Gasteiger charge is -2.13. The molecule has 0 unspecified atom stereocenters. The molecule has 6 heteroatoms. The van der Waals surface area contributed by atoms with E-state index in [9.17, 15) is 5.11 Å². The number of halogens is 1. The molecule has 3 atom stereocenters. The number of benzene rings is 1. The second-order valence-electron chi connectivity index (χ2n) is 6.62. The normalized spacial score (nSPS) is 23.2. The van der Waals surface area contributed by atoms with Crippen molar-refractivity contribution >= 4 is 28.5 Å². The van der Waals surface area contributed by atoms with Crippen LogP contribution in [0.4, 0.5) is 5.82 Å². The molecule has 4 rings (SSSR count). The van der Waals surface area contributed by atoms with Crippen molar-refractivity contribution in [3.05, 3.63) is 60.4 Å². The predicted octanol–water partition coefficient (Wildman–Crippen LogP) is 3.84. The molecule has 1 fully saturated rings. The Labute approximate surface area is 151 Å². The Hall–Kier alpha value is -2.11. The molecule has 3 aromatic rings. The quantitative estimate of drug-likeness (QED) is 0.746. The van der Waals surface area contributed by atoms with Gasteiger partial charge in [-0.25, -0.2) is 9.97 Å². The molecule has 1 radical (unpaired) electrons. The highest BCUT2D eigenvalue weighted by Gasteiger charge is 2.31. The van der Waals surface area contributed by atoms with Gasteiger partial charge < -0.3 is 15.0 Å². The van der Waals surface area contributed by atoms with Gasteiger partial charge in [0.15, 0.2) is 0 Å². The number of fused-ring (bicyclic) bond motifs is 1. The molecule has 0 amide bonds. The van der Waals surface area contributed by atoms with E-state index < -0.39 is 0 Å². The number of hydrogen-bond acceptors (Lipinski definition) is 4. The summed E-state index contributed by atoms with van der Waals surface area (Å²) in [7, 11) is 0. The van der Waals surface area contributed by atoms with Crippen LogP contribution in [0.2, 0.25) is 5.02 Å². The van der Waals surface area contributed by atoms with Gasteiger partial charge >= 0.3 is 0 Å². The maximum absolute atomic E-state index is 9.99. The van der Waals surface area contributed by atoms with Crippen LogP contribution in [0.3, 0.4) is 0 Å². The van der Waals surface area contributed by atoms with Crippen LogP contribution in [-0.4, -0.2) is 25.7 Å². The average Bonchev–Trinajstić information content (AvgIpc) is 3.18. The summed E-state index contributed by atoms with van der Waals surface area (Å²) in [5, 5.41) is 15.1. The van der Waals surface area contributed by atoms with Crippen molar-refractivity contribution in [1.82, 2.24) is 14.5 Å². The van der Waals surface area contributed by atoms with Gasteiger partial charge in [0.25, 0.3) is 0 Å². The summed E-state index contributed by atoms with van der Waals surface area (Å²) >= 11 is 5.93. The molecule has 25 heavy (non-hydrogen) atoms. The third-order valence-corrected chi connectivity index (χ3v) is 5.16. The van der Waals surface area contributed by atoms with Crippen LogP contribution >= 0.6 is 11.6 Å². The molecule has 1 aliphatic rings. The first-order valence-electron chi connectivity index (χ1n) is 8.43. The molecule has 1 aliphatic carbocycles. The van der Waals surface area contributed by atoms with E-state index in [1.54, 1.807) is 6.33 Å². The number of hydrogen-bond donors (Lipinski definition) is 2. The van der Waals surface area contributed by atoms with Gasteiger partial charge in [0, 0.05) is 23.8 Å². The third-order valence-electron chi connectivity index (χ3n) is 4.91. The van der Waals surface area contributed by atoms with Crippen molar-refractivity contribution < 1.29 is 5.11 Å². The van der Waals surface area contributed by atoms with Crippen LogP contribution in [0.25, 0.3) is 11.0 Å². The first kappa shape index (κ1) is 16.4. The monoisotopic (exact) mass is 355 g/mol. The van der Waals surface area contributed by atoms with Gasteiger partial charge in [-0.3, -0.25) is 0 Å². The molecule has 2 N–H and O–H groups in total. The van der Waals surface area contributed by atoms with Gasteiger partial charge in [0.2, 0.25) is 0 Å². The van der Waals surface area contributed by atoms with Crippen LogP contribution in [-0.2, 0) is 6.54 Å². The molecule has 129 valence electrons. The standard InChI is InChI=1S/C19H20ClN4O/c1-12-8-15(9-17(12)25)24-7-6-16-18(22-11-23-19(16)24)21-10-13-2-4-14(20)5-3-13/h2-7,11-12,15,17,25H,1,8-10H2,(H,21,22,23)/t12-,15+,17-/m0/s1. The van der Waals surface area contributed by atoms with E-state index in [2.05, 4.69) is 26.8 Å². The van der Waals surface area contributed by atoms with Crippen molar-refractivity contribution in [3.8, 4) is 0 Å². The molecule has 2 aromatic heterocycles. The molecule has 0 spiro atoms. The van der Waals surface area contributed by atoms with Gasteiger partial charge in [0.1, 0.15) is 17.8 Å². The van der Waals surface area contributed by atoms with Gasteiger partial charge in [0.05, 0.1) is 11.5 Å². The van der Waals surface area contributed by atoms with Crippen molar-refractivity contribution in [2.75, 3.05) is 5.32 Å². The summed E-state index contributed by atoms with van der Waals surface area (Å²) in [5.41, 5.74) is 2.02. The minimum Gasteiger partial charge on any atom is -0.393 e. The molecule has 1 saturated carbocycles. The van der Waals surface area contributed by atoms with E-state index >= 15 is 0 Å². The average molecular weight is 356 g/mol. The van der Waals surface area contributed by atoms with Gasteiger partial charge in [-0.2, -0.15) is 0 Å². The second-order valence-corrected chi connectivity index (χ2v) is 7.05. The van der Waals surface area contributed by atoms with E-state index in [1.807, 2.05) is 36.5 Å². The van der Waals surface area contributed by atoms with E-state index in [1.165, 1.54) is 0 Å². The number of anilines is 1. The number of rotatable bonds is 4. The van der Waals surface area contributed by atoms with Gasteiger partial charge in [-0.15, -0.1) is 0 Å². The Morgan fingerprint density at radius 1 is 1.20 bits per heavy atom. The van der Waals surface area contributed by atoms with Crippen LogP contribution < -0.4 is 5.32 Å². The summed E-state index contributed by atoms with van der Waals surface area (Å²) in [6, 6.07) is 10.0. The van der Waals surface area contributed by atoms with Gasteiger partial charge in [-0.05, 0) is 49.4 Å². The lowest BCUT2D eigenvalue weighted by Crippen LogP contribution is -2.09. The summed E-state index contributed by atoms with van der Waals surface area (Å²) in [5.74, 6) is 0.884. The highest BCUT2D eigenvalue weighted by molar-refractivity contribution is 6.30. The molecule has 2 heterocycles. The second kappa shape index (κ2) is 6.65. The van der Waals surface area contributed by atoms with Crippen LogP contribution in [0.15, 0.2) is 42.9 Å². The molecule has 0 bridgehead atoms. The lowest BCUT2D eigenvalue weighted by atomic mass is 10.1. The fourth-order valence-electron chi connectivity index (χ4n) is 3.50. The van der Waals surface area contributed by atoms with Crippen molar-refractivity contribution in [2.24, 2.45) is 5.92 Å². The summed E-state index contributed by atoms with van der Waals surface area (Å²) in [4.78, 5) is 8.84. The fraction of sp³-hybridized carbons (Fsp3) is 0.316. The third kappa shape index (κ3) is 3.22. The number of aliphatic hydroxyl groups is 1.